The van der Waals surface area contributed by atoms with Crippen molar-refractivity contribution in [3.05, 3.63) is 34.4 Å². The molecule has 0 spiro atoms. The predicted molar refractivity (Wildman–Crippen MR) is 74.0 cm³/mol. The monoisotopic (exact) mass is 265 g/mol. The second-order valence-corrected chi connectivity index (χ2v) is 4.39. The third-order valence-corrected chi connectivity index (χ3v) is 3.05. The highest BCUT2D eigenvalue weighted by atomic mass is 16.6. The van der Waals surface area contributed by atoms with E-state index in [0.717, 1.165) is 12.8 Å². The van der Waals surface area contributed by atoms with Crippen LogP contribution in [0.1, 0.15) is 19.8 Å². The second kappa shape index (κ2) is 6.84. The topological polar surface area (TPSA) is 89.5 Å². The van der Waals surface area contributed by atoms with E-state index in [9.17, 15) is 14.9 Å². The van der Waals surface area contributed by atoms with E-state index < -0.39 is 4.92 Å². The Hall–Kier alpha value is -1.95. The molecule has 6 nitrogen and oxygen atoms in total. The van der Waals surface area contributed by atoms with Crippen LogP contribution >= 0.6 is 0 Å². The fourth-order valence-electron chi connectivity index (χ4n) is 1.89. The number of rotatable bonds is 6. The van der Waals surface area contributed by atoms with E-state index in [1.54, 1.807) is 19.2 Å². The lowest BCUT2D eigenvalue weighted by Crippen LogP contribution is -2.36. The van der Waals surface area contributed by atoms with Crippen LogP contribution in [0, 0.1) is 16.0 Å². The summed E-state index contributed by atoms with van der Waals surface area (Å²) in [5.74, 6) is -0.261. The van der Waals surface area contributed by atoms with E-state index >= 15 is 0 Å². The molecule has 2 N–H and O–H groups in total. The number of benzene rings is 1. The third-order valence-electron chi connectivity index (χ3n) is 3.05. The number of nitro benzene ring substituents is 1. The lowest BCUT2D eigenvalue weighted by atomic mass is 10.0. The van der Waals surface area contributed by atoms with Gasteiger partial charge in [0.2, 0.25) is 5.91 Å². The summed E-state index contributed by atoms with van der Waals surface area (Å²) in [5, 5.41) is 10.6. The zero-order chi connectivity index (χ0) is 14.4. The maximum atomic E-state index is 12.2. The zero-order valence-corrected chi connectivity index (χ0v) is 11.2. The van der Waals surface area contributed by atoms with Crippen molar-refractivity contribution < 1.29 is 9.72 Å². The highest BCUT2D eigenvalue weighted by Gasteiger charge is 2.21. The van der Waals surface area contributed by atoms with Gasteiger partial charge in [0.25, 0.3) is 5.69 Å². The van der Waals surface area contributed by atoms with Crippen LogP contribution < -0.4 is 10.6 Å². The van der Waals surface area contributed by atoms with Crippen molar-refractivity contribution in [2.45, 2.75) is 19.8 Å². The number of carbonyl (C=O) groups excluding carboxylic acids is 1. The Bertz CT molecular complexity index is 445. The van der Waals surface area contributed by atoms with Crippen LogP contribution in [-0.4, -0.2) is 24.4 Å². The van der Waals surface area contributed by atoms with Crippen molar-refractivity contribution in [1.29, 1.82) is 0 Å². The van der Waals surface area contributed by atoms with Gasteiger partial charge in [-0.1, -0.05) is 13.3 Å². The molecule has 104 valence electrons. The van der Waals surface area contributed by atoms with Crippen LogP contribution in [0.5, 0.6) is 0 Å². The normalized spacial score (nSPS) is 11.9. The van der Waals surface area contributed by atoms with Gasteiger partial charge in [-0.15, -0.1) is 0 Å². The highest BCUT2D eigenvalue weighted by Crippen LogP contribution is 2.20. The molecule has 6 heteroatoms. The lowest BCUT2D eigenvalue weighted by molar-refractivity contribution is -0.384. The molecule has 1 unspecified atom stereocenters. The van der Waals surface area contributed by atoms with Crippen LogP contribution in [0.4, 0.5) is 11.4 Å². The van der Waals surface area contributed by atoms with E-state index in [-0.39, 0.29) is 17.5 Å². The van der Waals surface area contributed by atoms with Crippen molar-refractivity contribution in [3.63, 3.8) is 0 Å². The Morgan fingerprint density at radius 1 is 1.42 bits per heavy atom. The minimum Gasteiger partial charge on any atom is -0.330 e. The summed E-state index contributed by atoms with van der Waals surface area (Å²) in [4.78, 5) is 23.8. The number of hydrogen-bond acceptors (Lipinski definition) is 4. The first kappa shape index (κ1) is 15.1. The summed E-state index contributed by atoms with van der Waals surface area (Å²) in [6, 6.07) is 5.90. The van der Waals surface area contributed by atoms with E-state index in [2.05, 4.69) is 0 Å². The SMILES string of the molecule is CCCC(CN)C(=O)N(C)c1ccc([N+](=O)[O-])cc1. The Morgan fingerprint density at radius 2 is 2.00 bits per heavy atom. The van der Waals surface area contributed by atoms with Gasteiger partial charge >= 0.3 is 0 Å². The zero-order valence-electron chi connectivity index (χ0n) is 11.2. The van der Waals surface area contributed by atoms with Gasteiger partial charge in [-0.2, -0.15) is 0 Å². The maximum absolute atomic E-state index is 12.2. The Kier molecular flexibility index (Phi) is 5.44. The van der Waals surface area contributed by atoms with Gasteiger partial charge < -0.3 is 10.6 Å². The largest absolute Gasteiger partial charge is 0.330 e. The summed E-state index contributed by atoms with van der Waals surface area (Å²) in [7, 11) is 1.65. The average Bonchev–Trinajstić information content (AvgIpc) is 2.43. The van der Waals surface area contributed by atoms with Gasteiger partial charge in [0.15, 0.2) is 0 Å². The minimum atomic E-state index is -0.467. The van der Waals surface area contributed by atoms with E-state index in [1.807, 2.05) is 6.92 Å². The summed E-state index contributed by atoms with van der Waals surface area (Å²) >= 11 is 0. The predicted octanol–water partition coefficient (Wildman–Crippen LogP) is 1.93. The van der Waals surface area contributed by atoms with Gasteiger partial charge in [0.05, 0.1) is 10.8 Å². The number of non-ortho nitro benzene ring substituents is 1. The molecule has 0 saturated heterocycles. The Balaban J connectivity index is 2.84. The smallest absolute Gasteiger partial charge is 0.269 e. The summed E-state index contributed by atoms with van der Waals surface area (Å²) < 4.78 is 0. The molecule has 0 aliphatic heterocycles. The molecule has 1 aromatic carbocycles. The molecule has 1 aromatic rings. The highest BCUT2D eigenvalue weighted by molar-refractivity contribution is 5.94. The molecule has 0 radical (unpaired) electrons. The molecule has 0 bridgehead atoms. The Morgan fingerprint density at radius 3 is 2.42 bits per heavy atom. The van der Waals surface area contributed by atoms with Crippen molar-refractivity contribution >= 4 is 17.3 Å². The van der Waals surface area contributed by atoms with Gasteiger partial charge in [-0.05, 0) is 18.6 Å². The molecular formula is C13H19N3O3. The van der Waals surface area contributed by atoms with Crippen LogP contribution in [0.2, 0.25) is 0 Å². The van der Waals surface area contributed by atoms with E-state index in [1.165, 1.54) is 17.0 Å². The van der Waals surface area contributed by atoms with Crippen molar-refractivity contribution in [1.82, 2.24) is 0 Å². The molecule has 0 aromatic heterocycles. The summed E-state index contributed by atoms with van der Waals surface area (Å²) in [6.45, 7) is 2.31. The maximum Gasteiger partial charge on any atom is 0.269 e. The van der Waals surface area contributed by atoms with Crippen molar-refractivity contribution in [2.24, 2.45) is 11.7 Å². The van der Waals surface area contributed by atoms with E-state index in [4.69, 9.17) is 5.73 Å². The molecular weight excluding hydrogens is 246 g/mol. The number of anilines is 1. The first-order valence-electron chi connectivity index (χ1n) is 6.23. The molecule has 0 heterocycles. The minimum absolute atomic E-state index is 0.00790. The average molecular weight is 265 g/mol. The van der Waals surface area contributed by atoms with Crippen LogP contribution in [0.25, 0.3) is 0 Å². The third kappa shape index (κ3) is 3.75. The molecule has 0 aliphatic carbocycles. The number of amides is 1. The first-order chi connectivity index (χ1) is 9.01. The number of hydrogen-bond donors (Lipinski definition) is 1. The summed E-state index contributed by atoms with van der Waals surface area (Å²) in [5.41, 5.74) is 6.24. The Labute approximate surface area is 112 Å². The quantitative estimate of drug-likeness (QED) is 0.628. The van der Waals surface area contributed by atoms with Gasteiger partial charge in [-0.3, -0.25) is 14.9 Å². The van der Waals surface area contributed by atoms with Gasteiger partial charge in [0, 0.05) is 31.4 Å². The van der Waals surface area contributed by atoms with Crippen LogP contribution in [-0.2, 0) is 4.79 Å². The number of carbonyl (C=O) groups is 1. The molecule has 1 atom stereocenters. The van der Waals surface area contributed by atoms with Gasteiger partial charge in [0.1, 0.15) is 0 Å². The van der Waals surface area contributed by atoms with Gasteiger partial charge in [-0.25, -0.2) is 0 Å². The molecule has 0 saturated carbocycles. The number of nitrogens with two attached hydrogens (primary N) is 1. The molecule has 1 rings (SSSR count). The second-order valence-electron chi connectivity index (χ2n) is 4.39. The number of nitrogens with zero attached hydrogens (tertiary/aromatic N) is 2. The fraction of sp³-hybridized carbons (Fsp3) is 0.462. The summed E-state index contributed by atoms with van der Waals surface area (Å²) in [6.07, 6.45) is 1.63. The van der Waals surface area contributed by atoms with E-state index in [0.29, 0.717) is 12.2 Å². The molecule has 0 fully saturated rings. The lowest BCUT2D eigenvalue weighted by Gasteiger charge is -2.22. The van der Waals surface area contributed by atoms with Crippen LogP contribution in [0.15, 0.2) is 24.3 Å². The standard InChI is InChI=1S/C13H19N3O3/c1-3-4-10(9-14)13(17)15(2)11-5-7-12(8-6-11)16(18)19/h5-8,10H,3-4,9,14H2,1-2H3. The van der Waals surface area contributed by atoms with Crippen LogP contribution in [0.3, 0.4) is 0 Å². The number of nitro groups is 1. The van der Waals surface area contributed by atoms with Crippen molar-refractivity contribution in [3.8, 4) is 0 Å². The first-order valence-corrected chi connectivity index (χ1v) is 6.23. The molecule has 0 aliphatic rings. The molecule has 1 amide bonds. The molecule has 19 heavy (non-hydrogen) atoms. The fourth-order valence-corrected chi connectivity index (χ4v) is 1.89. The van der Waals surface area contributed by atoms with Crippen molar-refractivity contribution in [2.75, 3.05) is 18.5 Å².